The van der Waals surface area contributed by atoms with Crippen molar-refractivity contribution in [3.05, 3.63) is 71.4 Å². The summed E-state index contributed by atoms with van der Waals surface area (Å²) in [5.41, 5.74) is 0.861. The van der Waals surface area contributed by atoms with Crippen molar-refractivity contribution in [1.29, 1.82) is 0 Å². The van der Waals surface area contributed by atoms with Crippen LogP contribution >= 0.6 is 0 Å². The number of sulfonamides is 1. The molecule has 0 fully saturated rings. The molecule has 29 heavy (non-hydrogen) atoms. The van der Waals surface area contributed by atoms with Crippen molar-refractivity contribution in [3.8, 4) is 0 Å². The van der Waals surface area contributed by atoms with Crippen molar-refractivity contribution >= 4 is 24.0 Å². The quantitative estimate of drug-likeness (QED) is 0.514. The molecule has 0 saturated heterocycles. The second-order valence-corrected chi connectivity index (χ2v) is 11.9. The van der Waals surface area contributed by atoms with E-state index in [0.29, 0.717) is 5.56 Å². The number of benzene rings is 2. The number of nitrogens with zero attached hydrogens (tertiary/aromatic N) is 1. The summed E-state index contributed by atoms with van der Waals surface area (Å²) < 4.78 is 65.7. The molecule has 0 aromatic heterocycles. The lowest BCUT2D eigenvalue weighted by atomic mass is 10.1. The summed E-state index contributed by atoms with van der Waals surface area (Å²) in [6.45, 7) is 5.91. The van der Waals surface area contributed by atoms with Crippen molar-refractivity contribution in [1.82, 2.24) is 4.31 Å². The zero-order valence-corrected chi connectivity index (χ0v) is 18.7. The van der Waals surface area contributed by atoms with Gasteiger partial charge in [-0.05, 0) is 41.9 Å². The number of hydrogen-bond acceptors (Lipinski definition) is 2. The van der Waals surface area contributed by atoms with Gasteiger partial charge in [0.05, 0.1) is 19.3 Å². The first-order valence-corrected chi connectivity index (χ1v) is 12.6. The number of rotatable bonds is 7. The van der Waals surface area contributed by atoms with Crippen molar-refractivity contribution in [2.45, 2.75) is 43.9 Å². The van der Waals surface area contributed by atoms with Gasteiger partial charge in [-0.2, -0.15) is 13.2 Å². The molecule has 0 amide bonds. The Morgan fingerprint density at radius 1 is 1.00 bits per heavy atom. The van der Waals surface area contributed by atoms with Crippen LogP contribution < -0.4 is 0 Å². The van der Waals surface area contributed by atoms with Gasteiger partial charge in [0.2, 0.25) is 0 Å². The molecule has 0 spiro atoms. The van der Waals surface area contributed by atoms with Crippen LogP contribution in [0, 0.1) is 6.92 Å². The molecule has 2 aromatic carbocycles. The van der Waals surface area contributed by atoms with Crippen molar-refractivity contribution in [3.63, 3.8) is 0 Å². The molecule has 2 rings (SSSR count). The molecule has 8 heteroatoms. The molecule has 0 aliphatic heterocycles. The molecule has 157 valence electrons. The molecule has 0 aliphatic carbocycles. The smallest absolute Gasteiger partial charge is 0.277 e. The highest BCUT2D eigenvalue weighted by atomic mass is 32.2. The topological polar surface area (TPSA) is 37.4 Å². The lowest BCUT2D eigenvalue weighted by molar-refractivity contribution is -0.137. The van der Waals surface area contributed by atoms with Crippen LogP contribution in [-0.2, 0) is 16.2 Å². The fourth-order valence-electron chi connectivity index (χ4n) is 2.97. The van der Waals surface area contributed by atoms with Crippen LogP contribution in [0.5, 0.6) is 0 Å². The van der Waals surface area contributed by atoms with E-state index in [1.165, 1.54) is 23.5 Å². The van der Waals surface area contributed by atoms with Crippen LogP contribution in [0.3, 0.4) is 0 Å². The van der Waals surface area contributed by atoms with Gasteiger partial charge in [0.1, 0.15) is 0 Å². The van der Waals surface area contributed by atoms with E-state index in [-0.39, 0.29) is 4.90 Å². The van der Waals surface area contributed by atoms with Gasteiger partial charge >= 0.3 is 6.18 Å². The van der Waals surface area contributed by atoms with Crippen LogP contribution in [0.2, 0.25) is 12.1 Å². The van der Waals surface area contributed by atoms with Gasteiger partial charge in [-0.1, -0.05) is 55.8 Å². The number of aryl methyl sites for hydroxylation is 1. The highest BCUT2D eigenvalue weighted by molar-refractivity contribution is 7.89. The van der Waals surface area contributed by atoms with Crippen molar-refractivity contribution < 1.29 is 21.6 Å². The number of halogens is 3. The summed E-state index contributed by atoms with van der Waals surface area (Å²) >= 11 is 0. The summed E-state index contributed by atoms with van der Waals surface area (Å²) in [6.07, 6.45) is -2.84. The summed E-state index contributed by atoms with van der Waals surface area (Å²) in [7, 11) is -3.42. The van der Waals surface area contributed by atoms with Gasteiger partial charge in [-0.3, -0.25) is 4.31 Å². The van der Waals surface area contributed by atoms with E-state index in [0.717, 1.165) is 35.0 Å². The van der Waals surface area contributed by atoms with Crippen molar-refractivity contribution in [2.24, 2.45) is 0 Å². The average Bonchev–Trinajstić information content (AvgIpc) is 2.67. The fourth-order valence-corrected chi connectivity index (χ4v) is 6.33. The van der Waals surface area contributed by atoms with E-state index in [9.17, 15) is 21.6 Å². The van der Waals surface area contributed by atoms with E-state index in [1.807, 2.05) is 20.8 Å². The number of alkyl halides is 3. The highest BCUT2D eigenvalue weighted by Gasteiger charge is 2.30. The normalized spacial score (nSPS) is 13.0. The van der Waals surface area contributed by atoms with Gasteiger partial charge < -0.3 is 0 Å². The fraction of sp³-hybridized carbons (Fsp3) is 0.333. The zero-order chi connectivity index (χ0) is 21.8. The van der Waals surface area contributed by atoms with Crippen LogP contribution in [0.15, 0.2) is 59.6 Å². The Labute approximate surface area is 172 Å². The van der Waals surface area contributed by atoms with E-state index in [1.54, 1.807) is 30.5 Å². The molecule has 2 aromatic rings. The Balaban J connectivity index is 2.48. The van der Waals surface area contributed by atoms with Gasteiger partial charge in [0, 0.05) is 13.2 Å². The maximum Gasteiger partial charge on any atom is 0.416 e. The molecule has 3 nitrogen and oxygen atoms in total. The van der Waals surface area contributed by atoms with Crippen LogP contribution in [0.1, 0.15) is 30.5 Å². The molecule has 0 unspecified atom stereocenters. The SMILES string of the molecule is CC[Si](CC)/C(=C\N(C)S(=O)(=O)c1ccc(C)cc1)c1ccc(C(F)(F)F)cc1. The molecule has 1 radical (unpaired) electrons. The maximum atomic E-state index is 12.9. The Morgan fingerprint density at radius 2 is 1.52 bits per heavy atom. The Bertz CT molecular complexity index is 949. The van der Waals surface area contributed by atoms with E-state index < -0.39 is 30.6 Å². The molecule has 0 saturated carbocycles. The third-order valence-corrected chi connectivity index (χ3v) is 9.38. The molecule has 0 heterocycles. The van der Waals surface area contributed by atoms with Gasteiger partial charge in [0.15, 0.2) is 0 Å². The minimum absolute atomic E-state index is 0.176. The zero-order valence-electron chi connectivity index (χ0n) is 16.9. The lowest BCUT2D eigenvalue weighted by Crippen LogP contribution is -2.24. The van der Waals surface area contributed by atoms with Gasteiger partial charge in [0.25, 0.3) is 10.0 Å². The van der Waals surface area contributed by atoms with Crippen molar-refractivity contribution in [2.75, 3.05) is 7.05 Å². The first kappa shape index (κ1) is 23.2. The predicted octanol–water partition coefficient (Wildman–Crippen LogP) is 5.75. The lowest BCUT2D eigenvalue weighted by Gasteiger charge is -2.22. The Morgan fingerprint density at radius 3 is 1.97 bits per heavy atom. The summed E-state index contributed by atoms with van der Waals surface area (Å²) in [4.78, 5) is 0.176. The largest absolute Gasteiger partial charge is 0.416 e. The number of hydrogen-bond donors (Lipinski definition) is 0. The average molecular weight is 441 g/mol. The second kappa shape index (κ2) is 9.17. The molecular weight excluding hydrogens is 415 g/mol. The predicted molar refractivity (Wildman–Crippen MR) is 112 cm³/mol. The molecular formula is C21H25F3NO2SSi. The molecule has 0 aliphatic rings. The third-order valence-electron chi connectivity index (χ3n) is 4.77. The standard InChI is InChI=1S/C21H25F3NO2SSi/c1-5-29(6-2)20(17-9-11-18(12-10-17)21(22,23)24)15-25(4)28(26,27)19-13-7-16(3)8-14-19/h7-15H,5-6H2,1-4H3/b20-15-. The monoisotopic (exact) mass is 440 g/mol. The van der Waals surface area contributed by atoms with Crippen LogP contribution in [-0.4, -0.2) is 28.6 Å². The Kier molecular flexibility index (Phi) is 7.34. The third kappa shape index (κ3) is 5.51. The van der Waals surface area contributed by atoms with Crippen LogP contribution in [0.25, 0.3) is 5.20 Å². The first-order chi connectivity index (χ1) is 13.5. The van der Waals surface area contributed by atoms with E-state index >= 15 is 0 Å². The molecule has 0 N–H and O–H groups in total. The summed E-state index contributed by atoms with van der Waals surface area (Å²) in [5.74, 6) is 0. The summed E-state index contributed by atoms with van der Waals surface area (Å²) in [5, 5.41) is 0.798. The second-order valence-electron chi connectivity index (χ2n) is 6.76. The molecule has 0 bridgehead atoms. The maximum absolute atomic E-state index is 12.9. The Hall–Kier alpha value is -2.06. The summed E-state index contributed by atoms with van der Waals surface area (Å²) in [6, 6.07) is 13.2. The highest BCUT2D eigenvalue weighted by Crippen LogP contribution is 2.31. The van der Waals surface area contributed by atoms with E-state index in [4.69, 9.17) is 0 Å². The van der Waals surface area contributed by atoms with Gasteiger partial charge in [-0.15, -0.1) is 0 Å². The van der Waals surface area contributed by atoms with Crippen LogP contribution in [0.4, 0.5) is 13.2 Å². The first-order valence-electron chi connectivity index (χ1n) is 9.30. The molecule has 0 atom stereocenters. The van der Waals surface area contributed by atoms with Gasteiger partial charge in [-0.25, -0.2) is 8.42 Å². The minimum Gasteiger partial charge on any atom is -0.277 e. The van der Waals surface area contributed by atoms with E-state index in [2.05, 4.69) is 0 Å². The minimum atomic E-state index is -4.41.